The van der Waals surface area contributed by atoms with Crippen LogP contribution in [-0.4, -0.2) is 51.6 Å². The first-order valence-electron chi connectivity index (χ1n) is 6.08. The Kier molecular flexibility index (Phi) is 4.35. The quantitative estimate of drug-likeness (QED) is 0.859. The molecule has 0 amide bonds. The van der Waals surface area contributed by atoms with Crippen molar-refractivity contribution in [3.8, 4) is 6.07 Å². The number of nitrogens with zero attached hydrogens (tertiary/aromatic N) is 3. The maximum absolute atomic E-state index is 13.5. The third kappa shape index (κ3) is 3.13. The first kappa shape index (κ1) is 14.9. The van der Waals surface area contributed by atoms with Crippen molar-refractivity contribution >= 4 is 10.0 Å². The Morgan fingerprint density at radius 3 is 2.55 bits per heavy atom. The van der Waals surface area contributed by atoms with Crippen LogP contribution in [0.3, 0.4) is 0 Å². The highest BCUT2D eigenvalue weighted by Crippen LogP contribution is 2.18. The van der Waals surface area contributed by atoms with Gasteiger partial charge in [-0.2, -0.15) is 5.26 Å². The fourth-order valence-corrected chi connectivity index (χ4v) is 3.24. The molecule has 0 aliphatic carbocycles. The summed E-state index contributed by atoms with van der Waals surface area (Å²) in [5.41, 5.74) is -0.464. The van der Waals surface area contributed by atoms with Crippen LogP contribution in [0.1, 0.15) is 5.56 Å². The molecule has 0 unspecified atom stereocenters. The van der Waals surface area contributed by atoms with Gasteiger partial charge in [-0.1, -0.05) is 6.07 Å². The summed E-state index contributed by atoms with van der Waals surface area (Å²) in [6.07, 6.45) is 0. The van der Waals surface area contributed by atoms with Crippen molar-refractivity contribution in [1.82, 2.24) is 14.7 Å². The van der Waals surface area contributed by atoms with Crippen molar-refractivity contribution in [3.05, 3.63) is 29.6 Å². The molecule has 1 heterocycles. The normalized spacial score (nSPS) is 17.9. The largest absolute Gasteiger partial charge is 0.304 e. The molecule has 1 aromatic carbocycles. The van der Waals surface area contributed by atoms with Crippen LogP contribution in [0.4, 0.5) is 4.39 Å². The Balaban J connectivity index is 2.23. The predicted molar refractivity (Wildman–Crippen MR) is 70.5 cm³/mol. The first-order valence-corrected chi connectivity index (χ1v) is 7.57. The Morgan fingerprint density at radius 1 is 1.30 bits per heavy atom. The lowest BCUT2D eigenvalue weighted by Crippen LogP contribution is -2.52. The van der Waals surface area contributed by atoms with Crippen molar-refractivity contribution in [1.29, 1.82) is 5.26 Å². The van der Waals surface area contributed by atoms with E-state index >= 15 is 0 Å². The smallest absolute Gasteiger partial charge is 0.254 e. The van der Waals surface area contributed by atoms with Crippen molar-refractivity contribution in [2.24, 2.45) is 0 Å². The number of likely N-dealkylation sites (N-methyl/N-ethyl adjacent to an activating group) is 1. The highest BCUT2D eigenvalue weighted by Gasteiger charge is 2.25. The molecule has 0 bridgehead atoms. The average molecular weight is 298 g/mol. The summed E-state index contributed by atoms with van der Waals surface area (Å²) in [6, 6.07) is 5.15. The van der Waals surface area contributed by atoms with Crippen LogP contribution in [0.25, 0.3) is 0 Å². The molecule has 20 heavy (non-hydrogen) atoms. The summed E-state index contributed by atoms with van der Waals surface area (Å²) in [6.45, 7) is 2.54. The third-order valence-corrected chi connectivity index (χ3v) is 4.55. The number of benzene rings is 1. The van der Waals surface area contributed by atoms with E-state index in [1.54, 1.807) is 11.1 Å². The third-order valence-electron chi connectivity index (χ3n) is 3.13. The minimum Gasteiger partial charge on any atom is -0.304 e. The van der Waals surface area contributed by atoms with Gasteiger partial charge in [-0.05, 0) is 19.2 Å². The Hall–Kier alpha value is -1.53. The van der Waals surface area contributed by atoms with E-state index < -0.39 is 21.4 Å². The van der Waals surface area contributed by atoms with Gasteiger partial charge in [0.1, 0.15) is 22.3 Å². The van der Waals surface area contributed by atoms with E-state index in [0.29, 0.717) is 13.1 Å². The maximum Gasteiger partial charge on any atom is 0.254 e. The van der Waals surface area contributed by atoms with Crippen LogP contribution in [0.2, 0.25) is 0 Å². The van der Waals surface area contributed by atoms with Gasteiger partial charge in [0.15, 0.2) is 0 Å². The zero-order valence-corrected chi connectivity index (χ0v) is 11.8. The monoisotopic (exact) mass is 298 g/mol. The van der Waals surface area contributed by atoms with Gasteiger partial charge >= 0.3 is 0 Å². The van der Waals surface area contributed by atoms with Crippen LogP contribution < -0.4 is 4.83 Å². The summed E-state index contributed by atoms with van der Waals surface area (Å²) in [7, 11) is -2.00. The molecule has 1 fully saturated rings. The lowest BCUT2D eigenvalue weighted by Gasteiger charge is -2.32. The molecule has 1 aliphatic heterocycles. The molecular formula is C12H15FN4O2S. The molecule has 0 atom stereocenters. The Morgan fingerprint density at radius 2 is 1.95 bits per heavy atom. The van der Waals surface area contributed by atoms with Crippen LogP contribution in [0.15, 0.2) is 23.1 Å². The number of piperazine rings is 1. The van der Waals surface area contributed by atoms with E-state index in [4.69, 9.17) is 5.26 Å². The molecule has 2 rings (SSSR count). The van der Waals surface area contributed by atoms with Gasteiger partial charge in [-0.15, -0.1) is 4.83 Å². The fourth-order valence-electron chi connectivity index (χ4n) is 1.95. The van der Waals surface area contributed by atoms with Gasteiger partial charge in [-0.25, -0.2) is 17.8 Å². The number of hydrogen-bond acceptors (Lipinski definition) is 5. The number of sulfonamides is 1. The predicted octanol–water partition coefficient (Wildman–Crippen LogP) is 0.138. The summed E-state index contributed by atoms with van der Waals surface area (Å²) in [4.78, 5) is 4.14. The Bertz CT molecular complexity index is 633. The van der Waals surface area contributed by atoms with Gasteiger partial charge in [-0.3, -0.25) is 0 Å². The fraction of sp³-hybridized carbons (Fsp3) is 0.417. The summed E-state index contributed by atoms with van der Waals surface area (Å²) in [5.74, 6) is -0.839. The van der Waals surface area contributed by atoms with E-state index in [1.807, 2.05) is 7.05 Å². The number of rotatable bonds is 3. The molecular weight excluding hydrogens is 283 g/mol. The molecule has 0 aromatic heterocycles. The highest BCUT2D eigenvalue weighted by atomic mass is 32.2. The van der Waals surface area contributed by atoms with E-state index in [2.05, 4.69) is 9.73 Å². The van der Waals surface area contributed by atoms with Gasteiger partial charge in [0.25, 0.3) is 10.0 Å². The SMILES string of the molecule is CN1CCN(NS(=O)(=O)c2cccc(F)c2C#N)CC1. The van der Waals surface area contributed by atoms with Crippen molar-refractivity contribution in [3.63, 3.8) is 0 Å². The van der Waals surface area contributed by atoms with E-state index in [1.165, 1.54) is 12.1 Å². The molecule has 0 saturated carbocycles. The molecule has 1 N–H and O–H groups in total. The van der Waals surface area contributed by atoms with E-state index in [9.17, 15) is 12.8 Å². The average Bonchev–Trinajstić information content (AvgIpc) is 2.41. The summed E-state index contributed by atoms with van der Waals surface area (Å²) < 4.78 is 37.9. The second kappa shape index (κ2) is 5.85. The van der Waals surface area contributed by atoms with E-state index in [0.717, 1.165) is 19.2 Å². The number of nitriles is 1. The molecule has 108 valence electrons. The lowest BCUT2D eigenvalue weighted by molar-refractivity contribution is 0.135. The zero-order chi connectivity index (χ0) is 14.8. The van der Waals surface area contributed by atoms with Crippen LogP contribution in [-0.2, 0) is 10.0 Å². The molecule has 1 aliphatic rings. The number of halogens is 1. The second-order valence-corrected chi connectivity index (χ2v) is 6.24. The first-order chi connectivity index (χ1) is 9.44. The Labute approximate surface area is 117 Å². The molecule has 8 heteroatoms. The van der Waals surface area contributed by atoms with Crippen molar-refractivity contribution in [2.75, 3.05) is 33.2 Å². The molecule has 0 radical (unpaired) electrons. The molecule has 6 nitrogen and oxygen atoms in total. The number of hydrogen-bond donors (Lipinski definition) is 1. The highest BCUT2D eigenvalue weighted by molar-refractivity contribution is 7.89. The van der Waals surface area contributed by atoms with Crippen molar-refractivity contribution < 1.29 is 12.8 Å². The zero-order valence-electron chi connectivity index (χ0n) is 11.0. The van der Waals surface area contributed by atoms with Crippen LogP contribution in [0.5, 0.6) is 0 Å². The maximum atomic E-state index is 13.5. The molecule has 0 spiro atoms. The van der Waals surface area contributed by atoms with Crippen LogP contribution in [0, 0.1) is 17.1 Å². The number of nitrogens with one attached hydrogen (secondary N) is 1. The van der Waals surface area contributed by atoms with Crippen LogP contribution >= 0.6 is 0 Å². The topological polar surface area (TPSA) is 76.4 Å². The van der Waals surface area contributed by atoms with Gasteiger partial charge in [0, 0.05) is 26.2 Å². The molecule has 1 aromatic rings. The van der Waals surface area contributed by atoms with Crippen molar-refractivity contribution in [2.45, 2.75) is 4.90 Å². The minimum absolute atomic E-state index is 0.334. The van der Waals surface area contributed by atoms with Gasteiger partial charge in [0.05, 0.1) is 0 Å². The summed E-state index contributed by atoms with van der Waals surface area (Å²) >= 11 is 0. The second-order valence-electron chi connectivity index (χ2n) is 4.61. The van der Waals surface area contributed by atoms with Gasteiger partial charge in [0.2, 0.25) is 0 Å². The molecule has 1 saturated heterocycles. The standard InChI is InChI=1S/C12H15FN4O2S/c1-16-5-7-17(8-6-16)15-20(18,19)12-4-2-3-11(13)10(12)9-14/h2-4,15H,5-8H2,1H3. The lowest BCUT2D eigenvalue weighted by atomic mass is 10.2. The van der Waals surface area contributed by atoms with Gasteiger partial charge < -0.3 is 4.90 Å². The van der Waals surface area contributed by atoms with E-state index in [-0.39, 0.29) is 4.90 Å². The minimum atomic E-state index is -3.95. The number of hydrazine groups is 1. The summed E-state index contributed by atoms with van der Waals surface area (Å²) in [5, 5.41) is 10.5.